The van der Waals surface area contributed by atoms with E-state index in [0.29, 0.717) is 6.04 Å². The molecule has 1 aliphatic carbocycles. The first-order valence-corrected chi connectivity index (χ1v) is 6.53. The van der Waals surface area contributed by atoms with E-state index in [1.807, 2.05) is 12.3 Å². The summed E-state index contributed by atoms with van der Waals surface area (Å²) in [6, 6.07) is 11.1. The van der Waals surface area contributed by atoms with Crippen molar-refractivity contribution in [2.75, 3.05) is 0 Å². The topological polar surface area (TPSA) is 17.8 Å². The van der Waals surface area contributed by atoms with E-state index in [1.165, 1.54) is 37.8 Å². The first kappa shape index (κ1) is 10.6. The Morgan fingerprint density at radius 2 is 1.88 bits per heavy atom. The van der Waals surface area contributed by atoms with E-state index in [0.717, 1.165) is 5.69 Å². The van der Waals surface area contributed by atoms with Gasteiger partial charge in [0.25, 0.3) is 0 Å². The lowest BCUT2D eigenvalue weighted by Gasteiger charge is -2.25. The zero-order chi connectivity index (χ0) is 11.5. The minimum atomic E-state index is 0.677. The molecule has 88 valence electrons. The van der Waals surface area contributed by atoms with E-state index in [-0.39, 0.29) is 0 Å². The van der Waals surface area contributed by atoms with E-state index in [9.17, 15) is 0 Å². The SMILES string of the molecule is c1ccc(-c2cccn2C2CCCCC2)nc1. The molecule has 0 bridgehead atoms. The lowest BCUT2D eigenvalue weighted by Crippen LogP contribution is -2.12. The Hall–Kier alpha value is -1.57. The molecule has 1 aliphatic rings. The van der Waals surface area contributed by atoms with Crippen LogP contribution < -0.4 is 0 Å². The van der Waals surface area contributed by atoms with Crippen LogP contribution in [0, 0.1) is 0 Å². The van der Waals surface area contributed by atoms with Crippen LogP contribution in [0.1, 0.15) is 38.1 Å². The normalized spacial score (nSPS) is 17.2. The number of rotatable bonds is 2. The third-order valence-electron chi connectivity index (χ3n) is 3.67. The molecule has 2 aromatic heterocycles. The number of hydrogen-bond acceptors (Lipinski definition) is 1. The molecular formula is C15H18N2. The van der Waals surface area contributed by atoms with Gasteiger partial charge in [0.2, 0.25) is 0 Å². The van der Waals surface area contributed by atoms with Gasteiger partial charge in [-0.1, -0.05) is 25.3 Å². The van der Waals surface area contributed by atoms with Crippen LogP contribution in [0.5, 0.6) is 0 Å². The van der Waals surface area contributed by atoms with Crippen LogP contribution >= 0.6 is 0 Å². The van der Waals surface area contributed by atoms with E-state index >= 15 is 0 Å². The molecule has 3 rings (SSSR count). The number of hydrogen-bond donors (Lipinski definition) is 0. The summed E-state index contributed by atoms with van der Waals surface area (Å²) in [5.41, 5.74) is 2.35. The van der Waals surface area contributed by atoms with Gasteiger partial charge in [-0.3, -0.25) is 4.98 Å². The van der Waals surface area contributed by atoms with Gasteiger partial charge in [-0.05, 0) is 37.1 Å². The summed E-state index contributed by atoms with van der Waals surface area (Å²) in [5, 5.41) is 0. The molecule has 17 heavy (non-hydrogen) atoms. The minimum absolute atomic E-state index is 0.677. The molecule has 2 heterocycles. The zero-order valence-electron chi connectivity index (χ0n) is 10.0. The lowest BCUT2D eigenvalue weighted by molar-refractivity contribution is 0.356. The molecule has 0 aromatic carbocycles. The van der Waals surface area contributed by atoms with Gasteiger partial charge in [-0.2, -0.15) is 0 Å². The van der Waals surface area contributed by atoms with Crippen molar-refractivity contribution in [3.8, 4) is 11.4 Å². The highest BCUT2D eigenvalue weighted by Crippen LogP contribution is 2.32. The van der Waals surface area contributed by atoms with E-state index in [4.69, 9.17) is 0 Å². The maximum atomic E-state index is 4.46. The summed E-state index contributed by atoms with van der Waals surface area (Å²) in [7, 11) is 0. The van der Waals surface area contributed by atoms with Crippen LogP contribution in [0.4, 0.5) is 0 Å². The Kier molecular flexibility index (Phi) is 2.95. The summed E-state index contributed by atoms with van der Waals surface area (Å²) in [6.07, 6.45) is 10.8. The molecule has 2 nitrogen and oxygen atoms in total. The Bertz CT molecular complexity index is 467. The van der Waals surface area contributed by atoms with Crippen molar-refractivity contribution in [3.05, 3.63) is 42.7 Å². The van der Waals surface area contributed by atoms with Gasteiger partial charge in [0, 0.05) is 18.4 Å². The van der Waals surface area contributed by atoms with Crippen LogP contribution in [0.2, 0.25) is 0 Å². The second kappa shape index (κ2) is 4.74. The first-order chi connectivity index (χ1) is 8.45. The molecule has 2 heteroatoms. The standard InChI is InChI=1S/C15H18N2/c1-2-7-13(8-3-1)17-12-6-10-15(17)14-9-4-5-11-16-14/h4-6,9-13H,1-3,7-8H2. The molecule has 0 radical (unpaired) electrons. The third-order valence-corrected chi connectivity index (χ3v) is 3.67. The van der Waals surface area contributed by atoms with Crippen LogP contribution in [0.25, 0.3) is 11.4 Å². The molecule has 1 saturated carbocycles. The molecule has 1 fully saturated rings. The molecular weight excluding hydrogens is 208 g/mol. The van der Waals surface area contributed by atoms with Crippen molar-refractivity contribution in [1.82, 2.24) is 9.55 Å². The van der Waals surface area contributed by atoms with Crippen LogP contribution in [-0.4, -0.2) is 9.55 Å². The van der Waals surface area contributed by atoms with Crippen molar-refractivity contribution in [1.29, 1.82) is 0 Å². The van der Waals surface area contributed by atoms with Crippen molar-refractivity contribution in [2.45, 2.75) is 38.1 Å². The maximum absolute atomic E-state index is 4.46. The van der Waals surface area contributed by atoms with E-state index < -0.39 is 0 Å². The summed E-state index contributed by atoms with van der Waals surface area (Å²) < 4.78 is 2.42. The molecule has 0 atom stereocenters. The van der Waals surface area contributed by atoms with Gasteiger partial charge >= 0.3 is 0 Å². The van der Waals surface area contributed by atoms with Gasteiger partial charge in [0.1, 0.15) is 0 Å². The average molecular weight is 226 g/mol. The van der Waals surface area contributed by atoms with Gasteiger partial charge in [-0.15, -0.1) is 0 Å². The van der Waals surface area contributed by atoms with Gasteiger partial charge in [0.05, 0.1) is 11.4 Å². The Morgan fingerprint density at radius 1 is 1.00 bits per heavy atom. The van der Waals surface area contributed by atoms with Gasteiger partial charge in [-0.25, -0.2) is 0 Å². The van der Waals surface area contributed by atoms with Gasteiger partial charge in [0.15, 0.2) is 0 Å². The largest absolute Gasteiger partial charge is 0.343 e. The highest BCUT2D eigenvalue weighted by Gasteiger charge is 2.17. The van der Waals surface area contributed by atoms with Crippen LogP contribution in [-0.2, 0) is 0 Å². The molecule has 0 spiro atoms. The summed E-state index contributed by atoms with van der Waals surface area (Å²) in [5.74, 6) is 0. The predicted molar refractivity (Wildman–Crippen MR) is 69.8 cm³/mol. The van der Waals surface area contributed by atoms with Crippen molar-refractivity contribution >= 4 is 0 Å². The monoisotopic (exact) mass is 226 g/mol. The minimum Gasteiger partial charge on any atom is -0.343 e. The molecule has 0 amide bonds. The van der Waals surface area contributed by atoms with Crippen molar-refractivity contribution in [3.63, 3.8) is 0 Å². The smallest absolute Gasteiger partial charge is 0.0866 e. The third kappa shape index (κ3) is 2.12. The zero-order valence-corrected chi connectivity index (χ0v) is 10.0. The Balaban J connectivity index is 1.93. The second-order valence-electron chi connectivity index (χ2n) is 4.81. The van der Waals surface area contributed by atoms with Gasteiger partial charge < -0.3 is 4.57 Å². The summed E-state index contributed by atoms with van der Waals surface area (Å²) in [4.78, 5) is 4.46. The molecule has 0 saturated heterocycles. The first-order valence-electron chi connectivity index (χ1n) is 6.53. The second-order valence-corrected chi connectivity index (χ2v) is 4.81. The molecule has 2 aromatic rings. The number of aromatic nitrogens is 2. The summed E-state index contributed by atoms with van der Waals surface area (Å²) >= 11 is 0. The predicted octanol–water partition coefficient (Wildman–Crippen LogP) is 4.06. The Labute approximate surface area is 102 Å². The Morgan fingerprint density at radius 3 is 2.65 bits per heavy atom. The molecule has 0 N–H and O–H groups in total. The fraction of sp³-hybridized carbons (Fsp3) is 0.400. The van der Waals surface area contributed by atoms with Crippen LogP contribution in [0.15, 0.2) is 42.7 Å². The number of pyridine rings is 1. The van der Waals surface area contributed by atoms with E-state index in [2.05, 4.69) is 40.0 Å². The summed E-state index contributed by atoms with van der Waals surface area (Å²) in [6.45, 7) is 0. The quantitative estimate of drug-likeness (QED) is 0.755. The van der Waals surface area contributed by atoms with Crippen molar-refractivity contribution < 1.29 is 0 Å². The highest BCUT2D eigenvalue weighted by atomic mass is 15.0. The lowest BCUT2D eigenvalue weighted by atomic mass is 9.95. The molecule has 0 aliphatic heterocycles. The number of nitrogens with zero attached hydrogens (tertiary/aromatic N) is 2. The molecule has 0 unspecified atom stereocenters. The fourth-order valence-electron chi connectivity index (χ4n) is 2.80. The maximum Gasteiger partial charge on any atom is 0.0866 e. The average Bonchev–Trinajstić information content (AvgIpc) is 2.90. The van der Waals surface area contributed by atoms with Crippen LogP contribution in [0.3, 0.4) is 0 Å². The highest BCUT2D eigenvalue weighted by molar-refractivity contribution is 5.55. The fourth-order valence-corrected chi connectivity index (χ4v) is 2.80. The van der Waals surface area contributed by atoms with E-state index in [1.54, 1.807) is 0 Å². The van der Waals surface area contributed by atoms with Crippen molar-refractivity contribution in [2.24, 2.45) is 0 Å².